The van der Waals surface area contributed by atoms with Gasteiger partial charge in [-0.05, 0) is 26.0 Å². The Labute approximate surface area is 132 Å². The second kappa shape index (κ2) is 7.13. The first kappa shape index (κ1) is 16.1. The van der Waals surface area contributed by atoms with Crippen LogP contribution < -0.4 is 9.47 Å². The van der Waals surface area contributed by atoms with E-state index < -0.39 is 5.97 Å². The second-order valence-corrected chi connectivity index (χ2v) is 4.57. The van der Waals surface area contributed by atoms with Crippen molar-refractivity contribution >= 4 is 17.6 Å². The Bertz CT molecular complexity index is 672. The number of nitrogens with one attached hydrogen (secondary N) is 1. The molecule has 0 aliphatic heterocycles. The van der Waals surface area contributed by atoms with Crippen molar-refractivity contribution in [3.8, 4) is 22.8 Å². The zero-order chi connectivity index (χ0) is 16.1. The average Bonchev–Trinajstić information content (AvgIpc) is 2.97. The van der Waals surface area contributed by atoms with Gasteiger partial charge in [0, 0.05) is 5.56 Å². The summed E-state index contributed by atoms with van der Waals surface area (Å²) < 4.78 is 15.7. The predicted octanol–water partition coefficient (Wildman–Crippen LogP) is 2.71. The Hall–Kier alpha value is -2.28. The third-order valence-electron chi connectivity index (χ3n) is 2.80. The zero-order valence-corrected chi connectivity index (χ0v) is 13.2. The van der Waals surface area contributed by atoms with Gasteiger partial charge in [0.1, 0.15) is 5.69 Å². The highest BCUT2D eigenvalue weighted by molar-refractivity contribution is 6.32. The minimum Gasteiger partial charge on any atom is -0.491 e. The third-order valence-corrected chi connectivity index (χ3v) is 3.08. The monoisotopic (exact) mass is 325 g/mol. The van der Waals surface area contributed by atoms with Crippen LogP contribution in [0.5, 0.6) is 11.5 Å². The molecule has 1 aromatic heterocycles. The molecule has 0 radical (unpaired) electrons. The molecule has 0 saturated carbocycles. The Morgan fingerprint density at radius 2 is 2.05 bits per heavy atom. The van der Waals surface area contributed by atoms with E-state index in [1.54, 1.807) is 19.1 Å². The number of aromatic nitrogens is 3. The van der Waals surface area contributed by atoms with E-state index in [1.807, 2.05) is 6.92 Å². The van der Waals surface area contributed by atoms with Gasteiger partial charge in [-0.25, -0.2) is 4.79 Å². The molecule has 8 heteroatoms. The number of hydrogen-bond acceptors (Lipinski definition) is 6. The molecular weight excluding hydrogens is 310 g/mol. The first-order chi connectivity index (χ1) is 10.6. The van der Waals surface area contributed by atoms with Gasteiger partial charge < -0.3 is 14.2 Å². The lowest BCUT2D eigenvalue weighted by Crippen LogP contribution is -2.07. The minimum atomic E-state index is -0.559. The average molecular weight is 326 g/mol. The number of H-pyrrole nitrogens is 1. The summed E-state index contributed by atoms with van der Waals surface area (Å²) in [6, 6.07) is 3.32. The number of rotatable bonds is 6. The summed E-state index contributed by atoms with van der Waals surface area (Å²) in [7, 11) is 1.50. The van der Waals surface area contributed by atoms with Crippen molar-refractivity contribution in [1.29, 1.82) is 0 Å². The summed E-state index contributed by atoms with van der Waals surface area (Å²) in [5, 5.41) is 10.6. The van der Waals surface area contributed by atoms with Crippen LogP contribution in [0.1, 0.15) is 24.3 Å². The first-order valence-corrected chi connectivity index (χ1v) is 7.08. The standard InChI is InChI=1S/C14H16ClN3O4/c1-4-21-10-7-8(6-9(15)13(10)20-3)11-12(17-18-16-11)14(19)22-5-2/h6-7H,4-5H2,1-3H3,(H,16,17,18). The van der Waals surface area contributed by atoms with E-state index in [9.17, 15) is 4.79 Å². The predicted molar refractivity (Wildman–Crippen MR) is 80.5 cm³/mol. The number of carbonyl (C=O) groups excluding carboxylic acids is 1. The lowest BCUT2D eigenvalue weighted by Gasteiger charge is -2.12. The molecule has 22 heavy (non-hydrogen) atoms. The fourth-order valence-electron chi connectivity index (χ4n) is 1.94. The third kappa shape index (κ3) is 3.14. The number of hydrogen-bond donors (Lipinski definition) is 1. The van der Waals surface area contributed by atoms with Crippen LogP contribution in [-0.2, 0) is 4.74 Å². The maximum absolute atomic E-state index is 11.9. The maximum atomic E-state index is 11.9. The van der Waals surface area contributed by atoms with Gasteiger partial charge in [0.25, 0.3) is 0 Å². The number of aromatic amines is 1. The van der Waals surface area contributed by atoms with E-state index in [2.05, 4.69) is 15.4 Å². The summed E-state index contributed by atoms with van der Waals surface area (Å²) in [6.07, 6.45) is 0. The number of nitrogens with zero attached hydrogens (tertiary/aromatic N) is 2. The highest BCUT2D eigenvalue weighted by atomic mass is 35.5. The van der Waals surface area contributed by atoms with E-state index in [-0.39, 0.29) is 12.3 Å². The number of halogens is 1. The SMILES string of the molecule is CCOC(=O)c1n[nH]nc1-c1cc(Cl)c(OC)c(OCC)c1. The van der Waals surface area contributed by atoms with Gasteiger partial charge in [0.15, 0.2) is 17.2 Å². The molecule has 0 fully saturated rings. The van der Waals surface area contributed by atoms with Gasteiger partial charge in [-0.2, -0.15) is 10.3 Å². The van der Waals surface area contributed by atoms with Gasteiger partial charge in [-0.1, -0.05) is 11.6 Å². The summed E-state index contributed by atoms with van der Waals surface area (Å²) in [5.74, 6) is 0.329. The van der Waals surface area contributed by atoms with E-state index in [0.717, 1.165) is 0 Å². The largest absolute Gasteiger partial charge is 0.491 e. The summed E-state index contributed by atoms with van der Waals surface area (Å²) in [4.78, 5) is 11.9. The van der Waals surface area contributed by atoms with E-state index in [4.69, 9.17) is 25.8 Å². The number of esters is 1. The van der Waals surface area contributed by atoms with Crippen molar-refractivity contribution in [2.45, 2.75) is 13.8 Å². The van der Waals surface area contributed by atoms with Gasteiger partial charge >= 0.3 is 5.97 Å². The van der Waals surface area contributed by atoms with Crippen molar-refractivity contribution in [3.63, 3.8) is 0 Å². The van der Waals surface area contributed by atoms with E-state index in [1.165, 1.54) is 7.11 Å². The molecule has 2 aromatic rings. The van der Waals surface area contributed by atoms with Gasteiger partial charge in [-0.3, -0.25) is 0 Å². The molecule has 1 N–H and O–H groups in total. The lowest BCUT2D eigenvalue weighted by molar-refractivity contribution is 0.0520. The fraction of sp³-hybridized carbons (Fsp3) is 0.357. The van der Waals surface area contributed by atoms with Crippen LogP contribution in [0.3, 0.4) is 0 Å². The van der Waals surface area contributed by atoms with Crippen LogP contribution >= 0.6 is 11.6 Å². The van der Waals surface area contributed by atoms with Crippen molar-refractivity contribution in [2.24, 2.45) is 0 Å². The van der Waals surface area contributed by atoms with Crippen molar-refractivity contribution in [3.05, 3.63) is 22.8 Å². The van der Waals surface area contributed by atoms with E-state index >= 15 is 0 Å². The molecule has 7 nitrogen and oxygen atoms in total. The van der Waals surface area contributed by atoms with Crippen LogP contribution in [0.4, 0.5) is 0 Å². The molecule has 0 bridgehead atoms. The van der Waals surface area contributed by atoms with Crippen molar-refractivity contribution in [2.75, 3.05) is 20.3 Å². The summed E-state index contributed by atoms with van der Waals surface area (Å²) >= 11 is 6.20. The highest BCUT2D eigenvalue weighted by Gasteiger charge is 2.21. The Kier molecular flexibility index (Phi) is 5.21. The lowest BCUT2D eigenvalue weighted by atomic mass is 10.1. The quantitative estimate of drug-likeness (QED) is 0.822. The van der Waals surface area contributed by atoms with Gasteiger partial charge in [-0.15, -0.1) is 5.10 Å². The summed E-state index contributed by atoms with van der Waals surface area (Å²) in [6.45, 7) is 4.26. The first-order valence-electron chi connectivity index (χ1n) is 6.70. The number of carbonyl (C=O) groups is 1. The molecule has 2 rings (SSSR count). The molecular formula is C14H16ClN3O4. The van der Waals surface area contributed by atoms with Crippen molar-refractivity contribution in [1.82, 2.24) is 15.4 Å². The molecule has 0 aliphatic carbocycles. The Morgan fingerprint density at radius 1 is 1.27 bits per heavy atom. The Balaban J connectivity index is 2.50. The molecule has 118 valence electrons. The normalized spacial score (nSPS) is 10.4. The van der Waals surface area contributed by atoms with Crippen LogP contribution in [0.15, 0.2) is 12.1 Å². The smallest absolute Gasteiger partial charge is 0.361 e. The molecule has 0 spiro atoms. The molecule has 1 aromatic carbocycles. The molecule has 0 amide bonds. The second-order valence-electron chi connectivity index (χ2n) is 4.16. The van der Waals surface area contributed by atoms with Crippen molar-refractivity contribution < 1.29 is 19.0 Å². The topological polar surface area (TPSA) is 86.3 Å². The van der Waals surface area contributed by atoms with Crippen LogP contribution in [-0.4, -0.2) is 41.7 Å². The van der Waals surface area contributed by atoms with Crippen LogP contribution in [0.2, 0.25) is 5.02 Å². The van der Waals surface area contributed by atoms with Gasteiger partial charge in [0.05, 0.1) is 25.3 Å². The van der Waals surface area contributed by atoms with Gasteiger partial charge in [0.2, 0.25) is 0 Å². The molecule has 1 heterocycles. The fourth-order valence-corrected chi connectivity index (χ4v) is 2.23. The van der Waals surface area contributed by atoms with E-state index in [0.29, 0.717) is 34.4 Å². The minimum absolute atomic E-state index is 0.0885. The number of benzene rings is 1. The molecule has 0 saturated heterocycles. The molecule has 0 atom stereocenters. The maximum Gasteiger partial charge on any atom is 0.361 e. The highest BCUT2D eigenvalue weighted by Crippen LogP contribution is 2.39. The summed E-state index contributed by atoms with van der Waals surface area (Å²) in [5.41, 5.74) is 1.00. The van der Waals surface area contributed by atoms with Crippen LogP contribution in [0, 0.1) is 0 Å². The number of ether oxygens (including phenoxy) is 3. The van der Waals surface area contributed by atoms with Crippen LogP contribution in [0.25, 0.3) is 11.3 Å². The Morgan fingerprint density at radius 3 is 2.68 bits per heavy atom. The molecule has 0 aliphatic rings. The number of methoxy groups -OCH3 is 1. The zero-order valence-electron chi connectivity index (χ0n) is 12.5. The molecule has 0 unspecified atom stereocenters.